The van der Waals surface area contributed by atoms with E-state index in [9.17, 15) is 9.59 Å². The highest BCUT2D eigenvalue weighted by atomic mass is 16.5. The molecular weight excluding hydrogens is 158 g/mol. The molecule has 0 spiro atoms. The highest BCUT2D eigenvalue weighted by Crippen LogP contribution is 2.27. The number of carbonyl (C=O) groups excluding carboxylic acids is 2. The minimum atomic E-state index is -0.646. The highest BCUT2D eigenvalue weighted by Gasteiger charge is 2.35. The lowest BCUT2D eigenvalue weighted by atomic mass is 10.0. The monoisotopic (exact) mass is 171 g/mol. The van der Waals surface area contributed by atoms with E-state index in [1.54, 1.807) is 0 Å². The molecule has 0 radical (unpaired) electrons. The second-order valence-corrected chi connectivity index (χ2v) is 3.10. The third-order valence-corrected chi connectivity index (χ3v) is 2.26. The summed E-state index contributed by atoms with van der Waals surface area (Å²) in [7, 11) is 1.29. The van der Waals surface area contributed by atoms with Gasteiger partial charge in [0, 0.05) is 0 Å². The van der Waals surface area contributed by atoms with Crippen molar-refractivity contribution in [2.24, 2.45) is 0 Å². The molecule has 0 aromatic carbocycles. The van der Waals surface area contributed by atoms with Crippen molar-refractivity contribution in [2.45, 2.75) is 31.2 Å². The van der Waals surface area contributed by atoms with Gasteiger partial charge in [-0.3, -0.25) is 0 Å². The topological polar surface area (TPSA) is 55.4 Å². The zero-order valence-electron chi connectivity index (χ0n) is 7.13. The predicted molar refractivity (Wildman–Crippen MR) is 42.8 cm³/mol. The molecule has 0 aliphatic heterocycles. The number of nitrogens with one attached hydrogen (secondary N) is 1. The van der Waals surface area contributed by atoms with Gasteiger partial charge in [-0.15, -0.1) is 0 Å². The fraction of sp³-hybridized carbons (Fsp3) is 0.750. The van der Waals surface area contributed by atoms with Crippen molar-refractivity contribution in [3.8, 4) is 0 Å². The number of methoxy groups -OCH3 is 1. The van der Waals surface area contributed by atoms with E-state index in [4.69, 9.17) is 0 Å². The first kappa shape index (κ1) is 9.03. The lowest BCUT2D eigenvalue weighted by Crippen LogP contribution is -2.47. The first-order chi connectivity index (χ1) is 5.72. The van der Waals surface area contributed by atoms with Gasteiger partial charge < -0.3 is 14.8 Å². The Balaban J connectivity index is 2.55. The molecule has 1 saturated carbocycles. The number of alkyl carbamates (subject to hydrolysis) is 1. The minimum absolute atomic E-state index is 0.524. The van der Waals surface area contributed by atoms with Crippen molar-refractivity contribution in [1.82, 2.24) is 5.32 Å². The van der Waals surface area contributed by atoms with Crippen LogP contribution < -0.4 is 5.32 Å². The predicted octanol–water partition coefficient (Wildman–Crippen LogP) is 0.854. The molecule has 1 rings (SSSR count). The van der Waals surface area contributed by atoms with Gasteiger partial charge in [-0.2, -0.15) is 0 Å². The Hall–Kier alpha value is -1.06. The number of hydrogen-bond acceptors (Lipinski definition) is 3. The van der Waals surface area contributed by atoms with E-state index in [1.807, 2.05) is 0 Å². The third-order valence-electron chi connectivity index (χ3n) is 2.26. The average Bonchev–Trinajstić information content (AvgIpc) is 2.54. The minimum Gasteiger partial charge on any atom is -0.453 e. The fourth-order valence-corrected chi connectivity index (χ4v) is 1.53. The zero-order valence-corrected chi connectivity index (χ0v) is 7.13. The Bertz CT molecular complexity index is 185. The van der Waals surface area contributed by atoms with Crippen molar-refractivity contribution < 1.29 is 14.3 Å². The van der Waals surface area contributed by atoms with E-state index >= 15 is 0 Å². The van der Waals surface area contributed by atoms with Gasteiger partial charge in [-0.05, 0) is 12.8 Å². The van der Waals surface area contributed by atoms with Gasteiger partial charge in [0.05, 0.1) is 12.6 Å². The van der Waals surface area contributed by atoms with Crippen LogP contribution in [0.1, 0.15) is 25.7 Å². The summed E-state index contributed by atoms with van der Waals surface area (Å²) in [6.45, 7) is 0. The van der Waals surface area contributed by atoms with E-state index < -0.39 is 11.6 Å². The molecule has 0 bridgehead atoms. The molecular formula is C8H13NO3. The summed E-state index contributed by atoms with van der Waals surface area (Å²) in [6, 6.07) is 0. The summed E-state index contributed by atoms with van der Waals surface area (Å²) in [5.74, 6) is 0. The van der Waals surface area contributed by atoms with E-state index in [-0.39, 0.29) is 0 Å². The molecule has 0 atom stereocenters. The first-order valence-corrected chi connectivity index (χ1v) is 4.05. The number of rotatable bonds is 2. The average molecular weight is 171 g/mol. The summed E-state index contributed by atoms with van der Waals surface area (Å²) in [4.78, 5) is 21.5. The molecule has 1 amide bonds. The van der Waals surface area contributed by atoms with Crippen LogP contribution in [0.25, 0.3) is 0 Å². The van der Waals surface area contributed by atoms with Crippen LogP contribution >= 0.6 is 0 Å². The van der Waals surface area contributed by atoms with Crippen LogP contribution in [0.15, 0.2) is 0 Å². The second-order valence-electron chi connectivity index (χ2n) is 3.10. The number of amides is 1. The maximum absolute atomic E-state index is 10.8. The Morgan fingerprint density at radius 2 is 2.08 bits per heavy atom. The SMILES string of the molecule is COC(=O)NC1(C=O)CCCC1. The van der Waals surface area contributed by atoms with E-state index in [0.29, 0.717) is 0 Å². The molecule has 0 saturated heterocycles. The summed E-state index contributed by atoms with van der Waals surface area (Å²) in [5, 5.41) is 2.56. The lowest BCUT2D eigenvalue weighted by Gasteiger charge is -2.22. The van der Waals surface area contributed by atoms with Crippen molar-refractivity contribution in [3.63, 3.8) is 0 Å². The van der Waals surface area contributed by atoms with Crippen LogP contribution in [0.2, 0.25) is 0 Å². The fourth-order valence-electron chi connectivity index (χ4n) is 1.53. The van der Waals surface area contributed by atoms with Gasteiger partial charge in [0.2, 0.25) is 0 Å². The van der Waals surface area contributed by atoms with E-state index in [2.05, 4.69) is 10.1 Å². The highest BCUT2D eigenvalue weighted by molar-refractivity contribution is 5.76. The second kappa shape index (κ2) is 3.56. The maximum atomic E-state index is 10.8. The Morgan fingerprint density at radius 1 is 1.50 bits per heavy atom. The molecule has 0 unspecified atom stereocenters. The molecule has 1 N–H and O–H groups in total. The smallest absolute Gasteiger partial charge is 0.407 e. The van der Waals surface area contributed by atoms with E-state index in [0.717, 1.165) is 32.0 Å². The van der Waals surface area contributed by atoms with Crippen molar-refractivity contribution in [3.05, 3.63) is 0 Å². The Labute approximate surface area is 71.3 Å². The van der Waals surface area contributed by atoms with Crippen molar-refractivity contribution >= 4 is 12.4 Å². The quantitative estimate of drug-likeness (QED) is 0.627. The zero-order chi connectivity index (χ0) is 9.03. The standard InChI is InChI=1S/C8H13NO3/c1-12-7(11)9-8(6-10)4-2-3-5-8/h6H,2-5H2,1H3,(H,9,11). The molecule has 4 heteroatoms. The normalized spacial score (nSPS) is 20.1. The molecule has 68 valence electrons. The van der Waals surface area contributed by atoms with Gasteiger partial charge in [0.1, 0.15) is 6.29 Å². The number of carbonyl (C=O) groups is 2. The number of ether oxygens (including phenoxy) is 1. The number of aldehydes is 1. The summed E-state index contributed by atoms with van der Waals surface area (Å²) in [6.07, 6.45) is 3.73. The number of hydrogen-bond donors (Lipinski definition) is 1. The molecule has 1 fully saturated rings. The van der Waals surface area contributed by atoms with Crippen molar-refractivity contribution in [2.75, 3.05) is 7.11 Å². The van der Waals surface area contributed by atoms with Gasteiger partial charge in [-0.1, -0.05) is 12.8 Å². The van der Waals surface area contributed by atoms with Crippen LogP contribution in [0, 0.1) is 0 Å². The van der Waals surface area contributed by atoms with Gasteiger partial charge >= 0.3 is 6.09 Å². The van der Waals surface area contributed by atoms with Gasteiger partial charge in [-0.25, -0.2) is 4.79 Å². The third kappa shape index (κ3) is 1.75. The van der Waals surface area contributed by atoms with Gasteiger partial charge in [0.15, 0.2) is 0 Å². The molecule has 0 aromatic heterocycles. The van der Waals surface area contributed by atoms with Crippen LogP contribution in [-0.4, -0.2) is 25.0 Å². The summed E-state index contributed by atoms with van der Waals surface area (Å²) >= 11 is 0. The molecule has 0 aromatic rings. The van der Waals surface area contributed by atoms with E-state index in [1.165, 1.54) is 7.11 Å². The van der Waals surface area contributed by atoms with Crippen LogP contribution in [0.4, 0.5) is 4.79 Å². The van der Waals surface area contributed by atoms with Crippen molar-refractivity contribution in [1.29, 1.82) is 0 Å². The lowest BCUT2D eigenvalue weighted by molar-refractivity contribution is -0.113. The van der Waals surface area contributed by atoms with Crippen LogP contribution in [0.5, 0.6) is 0 Å². The molecule has 0 heterocycles. The first-order valence-electron chi connectivity index (χ1n) is 4.05. The summed E-state index contributed by atoms with van der Waals surface area (Å²) < 4.78 is 4.43. The Morgan fingerprint density at radius 3 is 2.50 bits per heavy atom. The van der Waals surface area contributed by atoms with Gasteiger partial charge in [0.25, 0.3) is 0 Å². The molecule has 1 aliphatic carbocycles. The Kier molecular flexibility index (Phi) is 2.68. The molecule has 12 heavy (non-hydrogen) atoms. The largest absolute Gasteiger partial charge is 0.453 e. The summed E-state index contributed by atoms with van der Waals surface area (Å²) in [5.41, 5.74) is -0.646. The molecule has 1 aliphatic rings. The van der Waals surface area contributed by atoms with Crippen LogP contribution in [0.3, 0.4) is 0 Å². The molecule has 4 nitrogen and oxygen atoms in total. The maximum Gasteiger partial charge on any atom is 0.407 e. The van der Waals surface area contributed by atoms with Crippen LogP contribution in [-0.2, 0) is 9.53 Å².